The van der Waals surface area contributed by atoms with Gasteiger partial charge in [0.15, 0.2) is 0 Å². The fraction of sp³-hybridized carbons (Fsp3) is 0.600. The number of hydrogen-bond acceptors (Lipinski definition) is 5. The Morgan fingerprint density at radius 1 is 1.41 bits per heavy atom. The van der Waals surface area contributed by atoms with Gasteiger partial charge in [-0.2, -0.15) is 0 Å². The smallest absolute Gasteiger partial charge is 0.230 e. The highest BCUT2D eigenvalue weighted by atomic mass is 16.5. The monoisotopic (exact) mass is 370 g/mol. The van der Waals surface area contributed by atoms with Crippen LogP contribution in [0.1, 0.15) is 32.4 Å². The Hall–Kier alpha value is -2.28. The van der Waals surface area contributed by atoms with Gasteiger partial charge in [0.25, 0.3) is 0 Å². The van der Waals surface area contributed by atoms with Gasteiger partial charge in [-0.3, -0.25) is 19.6 Å². The largest absolute Gasteiger partial charge is 0.360 e. The van der Waals surface area contributed by atoms with Gasteiger partial charge in [0.05, 0.1) is 42.9 Å². The molecular formula is C20H26N4O3. The van der Waals surface area contributed by atoms with Crippen LogP contribution in [-0.2, 0) is 20.9 Å². The maximum atomic E-state index is 13.2. The summed E-state index contributed by atoms with van der Waals surface area (Å²) in [6.45, 7) is 5.11. The molecule has 0 aliphatic carbocycles. The number of aromatic nitrogens is 2. The third-order valence-corrected chi connectivity index (χ3v) is 6.19. The zero-order valence-electron chi connectivity index (χ0n) is 16.0. The summed E-state index contributed by atoms with van der Waals surface area (Å²) in [7, 11) is 1.75. The zero-order valence-corrected chi connectivity index (χ0v) is 16.0. The molecule has 4 rings (SSSR count). The third kappa shape index (κ3) is 2.76. The molecule has 1 aromatic heterocycles. The fourth-order valence-electron chi connectivity index (χ4n) is 4.84. The molecule has 7 nitrogen and oxygen atoms in total. The molecule has 4 atom stereocenters. The summed E-state index contributed by atoms with van der Waals surface area (Å²) in [5, 5.41) is 0. The summed E-state index contributed by atoms with van der Waals surface area (Å²) < 4.78 is 6.21. The van der Waals surface area contributed by atoms with Crippen LogP contribution in [0.5, 0.6) is 0 Å². The quantitative estimate of drug-likeness (QED) is 0.708. The molecular weight excluding hydrogens is 344 g/mol. The summed E-state index contributed by atoms with van der Waals surface area (Å²) in [6.07, 6.45) is 10.3. The molecule has 0 aromatic carbocycles. The van der Waals surface area contributed by atoms with E-state index in [1.165, 1.54) is 0 Å². The van der Waals surface area contributed by atoms with Gasteiger partial charge in [0, 0.05) is 25.5 Å². The van der Waals surface area contributed by atoms with Crippen LogP contribution < -0.4 is 0 Å². The zero-order chi connectivity index (χ0) is 19.2. The van der Waals surface area contributed by atoms with Gasteiger partial charge in [0.1, 0.15) is 5.60 Å². The molecule has 0 N–H and O–H groups in total. The van der Waals surface area contributed by atoms with Crippen molar-refractivity contribution in [3.63, 3.8) is 0 Å². The first-order valence-corrected chi connectivity index (χ1v) is 9.68. The first-order chi connectivity index (χ1) is 13.0. The second-order valence-corrected chi connectivity index (χ2v) is 7.73. The van der Waals surface area contributed by atoms with Crippen LogP contribution in [-0.4, -0.2) is 62.9 Å². The SMILES string of the molecule is CCC(CC)N1C[C@]23C=C[C@H](O2)[C@@H](C(=O)N(C)Cc2cnccn2)[C@H]3C1=O. The van der Waals surface area contributed by atoms with E-state index in [0.29, 0.717) is 13.1 Å². The highest BCUT2D eigenvalue weighted by molar-refractivity contribution is 5.93. The van der Waals surface area contributed by atoms with Gasteiger partial charge in [-0.05, 0) is 12.8 Å². The van der Waals surface area contributed by atoms with Crippen molar-refractivity contribution < 1.29 is 14.3 Å². The number of likely N-dealkylation sites (tertiary alicyclic amines) is 1. The Bertz CT molecular complexity index is 764. The second-order valence-electron chi connectivity index (χ2n) is 7.73. The summed E-state index contributed by atoms with van der Waals surface area (Å²) >= 11 is 0. The predicted octanol–water partition coefficient (Wildman–Crippen LogP) is 1.41. The van der Waals surface area contributed by atoms with Gasteiger partial charge >= 0.3 is 0 Å². The lowest BCUT2D eigenvalue weighted by atomic mass is 9.76. The van der Waals surface area contributed by atoms with E-state index in [1.807, 2.05) is 17.1 Å². The molecule has 2 saturated heterocycles. The van der Waals surface area contributed by atoms with Crippen molar-refractivity contribution in [1.82, 2.24) is 19.8 Å². The maximum absolute atomic E-state index is 13.2. The van der Waals surface area contributed by atoms with Crippen molar-refractivity contribution in [3.05, 3.63) is 36.4 Å². The van der Waals surface area contributed by atoms with E-state index >= 15 is 0 Å². The molecule has 3 aliphatic heterocycles. The number of nitrogens with zero attached hydrogens (tertiary/aromatic N) is 4. The van der Waals surface area contributed by atoms with E-state index in [9.17, 15) is 9.59 Å². The van der Waals surface area contributed by atoms with E-state index < -0.39 is 17.4 Å². The molecule has 0 saturated carbocycles. The van der Waals surface area contributed by atoms with Crippen LogP contribution in [0.25, 0.3) is 0 Å². The predicted molar refractivity (Wildman–Crippen MR) is 98.3 cm³/mol. The van der Waals surface area contributed by atoms with Crippen LogP contribution in [0.2, 0.25) is 0 Å². The van der Waals surface area contributed by atoms with E-state index in [2.05, 4.69) is 23.8 Å². The summed E-state index contributed by atoms with van der Waals surface area (Å²) in [5.74, 6) is -0.906. The second kappa shape index (κ2) is 6.71. The number of hydrogen-bond donors (Lipinski definition) is 0. The van der Waals surface area contributed by atoms with E-state index in [1.54, 1.807) is 30.5 Å². The van der Waals surface area contributed by atoms with Crippen LogP contribution in [0.4, 0.5) is 0 Å². The standard InChI is InChI=1S/C20H26N4O3/c1-4-14(5-2)24-12-20-7-6-15(27-20)16(17(20)19(24)26)18(25)23(3)11-13-10-21-8-9-22-13/h6-10,14-17H,4-5,11-12H2,1-3H3/t15-,16+,17-,20-/m0/s1. The minimum absolute atomic E-state index is 0.0572. The molecule has 3 aliphatic rings. The van der Waals surface area contributed by atoms with Crippen LogP contribution >= 0.6 is 0 Å². The molecule has 2 fully saturated rings. The molecule has 2 bridgehead atoms. The number of ether oxygens (including phenoxy) is 1. The van der Waals surface area contributed by atoms with Crippen molar-refractivity contribution in [2.45, 2.75) is 51.0 Å². The average molecular weight is 370 g/mol. The molecule has 144 valence electrons. The van der Waals surface area contributed by atoms with Crippen LogP contribution in [0.3, 0.4) is 0 Å². The van der Waals surface area contributed by atoms with E-state index in [4.69, 9.17) is 4.74 Å². The first kappa shape index (κ1) is 18.1. The summed E-state index contributed by atoms with van der Waals surface area (Å²) in [6, 6.07) is 0.196. The Labute approximate surface area is 159 Å². The fourth-order valence-corrected chi connectivity index (χ4v) is 4.84. The van der Waals surface area contributed by atoms with Crippen LogP contribution in [0, 0.1) is 11.8 Å². The van der Waals surface area contributed by atoms with Crippen LogP contribution in [0.15, 0.2) is 30.7 Å². The Balaban J connectivity index is 1.56. The molecule has 0 unspecified atom stereocenters. The minimum Gasteiger partial charge on any atom is -0.360 e. The average Bonchev–Trinajstić information content (AvgIpc) is 3.32. The van der Waals surface area contributed by atoms with Crippen molar-refractivity contribution in [3.8, 4) is 0 Å². The van der Waals surface area contributed by atoms with Gasteiger partial charge < -0.3 is 14.5 Å². The van der Waals surface area contributed by atoms with Crippen molar-refractivity contribution in [2.75, 3.05) is 13.6 Å². The molecule has 2 amide bonds. The van der Waals surface area contributed by atoms with E-state index in [-0.39, 0.29) is 24.0 Å². The maximum Gasteiger partial charge on any atom is 0.230 e. The van der Waals surface area contributed by atoms with Crippen molar-refractivity contribution in [1.29, 1.82) is 0 Å². The van der Waals surface area contributed by atoms with Gasteiger partial charge in [-0.1, -0.05) is 26.0 Å². The number of carbonyl (C=O) groups excluding carboxylic acids is 2. The number of amides is 2. The molecule has 1 aromatic rings. The molecule has 4 heterocycles. The third-order valence-electron chi connectivity index (χ3n) is 6.19. The highest BCUT2D eigenvalue weighted by Gasteiger charge is 2.67. The van der Waals surface area contributed by atoms with Gasteiger partial charge in [0.2, 0.25) is 11.8 Å². The number of carbonyl (C=O) groups is 2. The normalized spacial score (nSPS) is 31.0. The highest BCUT2D eigenvalue weighted by Crippen LogP contribution is 2.52. The lowest BCUT2D eigenvalue weighted by Crippen LogP contribution is -2.45. The minimum atomic E-state index is -0.641. The summed E-state index contributed by atoms with van der Waals surface area (Å²) in [4.78, 5) is 38.3. The Morgan fingerprint density at radius 3 is 2.85 bits per heavy atom. The lowest BCUT2D eigenvalue weighted by molar-refractivity contribution is -0.143. The molecule has 1 spiro atoms. The number of rotatable bonds is 6. The van der Waals surface area contributed by atoms with Gasteiger partial charge in [-0.25, -0.2) is 0 Å². The first-order valence-electron chi connectivity index (χ1n) is 9.68. The topological polar surface area (TPSA) is 75.6 Å². The van der Waals surface area contributed by atoms with Crippen molar-refractivity contribution in [2.24, 2.45) is 11.8 Å². The summed E-state index contributed by atoms with van der Waals surface area (Å²) in [5.41, 5.74) is 0.0806. The molecule has 7 heteroatoms. The Morgan fingerprint density at radius 2 is 2.19 bits per heavy atom. The van der Waals surface area contributed by atoms with Crippen molar-refractivity contribution >= 4 is 11.8 Å². The number of fused-ring (bicyclic) bond motifs is 1. The molecule has 0 radical (unpaired) electrons. The Kier molecular flexibility index (Phi) is 4.50. The molecule has 27 heavy (non-hydrogen) atoms. The van der Waals surface area contributed by atoms with Gasteiger partial charge in [-0.15, -0.1) is 0 Å². The lowest BCUT2D eigenvalue weighted by Gasteiger charge is -2.29. The van der Waals surface area contributed by atoms with E-state index in [0.717, 1.165) is 18.5 Å².